The Balaban J connectivity index is 3.38. The number of alkyl halides is 2. The van der Waals surface area contributed by atoms with Gasteiger partial charge in [-0.3, -0.25) is 9.78 Å². The first-order valence-corrected chi connectivity index (χ1v) is 4.32. The molecule has 0 aliphatic carbocycles. The topological polar surface area (TPSA) is 30.0 Å². The van der Waals surface area contributed by atoms with E-state index in [4.69, 9.17) is 11.6 Å². The van der Waals surface area contributed by atoms with Crippen molar-refractivity contribution in [2.24, 2.45) is 0 Å². The maximum absolute atomic E-state index is 12.2. The molecule has 0 aromatic carbocycles. The van der Waals surface area contributed by atoms with Gasteiger partial charge in [-0.1, -0.05) is 11.6 Å². The Hall–Kier alpha value is -0.550. The molecule has 1 aromatic rings. The molecule has 0 saturated carbocycles. The van der Waals surface area contributed by atoms with Crippen LogP contribution in [-0.4, -0.2) is 11.3 Å². The van der Waals surface area contributed by atoms with E-state index in [9.17, 15) is 13.6 Å². The molecular formula is C7H3BrClF2NO. The van der Waals surface area contributed by atoms with Crippen molar-refractivity contribution < 1.29 is 13.6 Å². The van der Waals surface area contributed by atoms with Crippen LogP contribution >= 0.6 is 27.5 Å². The molecule has 0 atom stereocenters. The van der Waals surface area contributed by atoms with Gasteiger partial charge in [0, 0.05) is 6.20 Å². The maximum Gasteiger partial charge on any atom is 0.281 e. The molecule has 0 amide bonds. The molecule has 1 heterocycles. The first kappa shape index (κ1) is 10.5. The van der Waals surface area contributed by atoms with Gasteiger partial charge in [0.15, 0.2) is 6.29 Å². The number of nitrogens with zero attached hydrogens (tertiary/aromatic N) is 1. The third kappa shape index (κ3) is 2.03. The standard InChI is InChI=1S/C7H3BrClF2NO/c8-4-1-12-6(7(10)11)3(2-13)5(4)9/h1-2,7H. The molecule has 0 radical (unpaired) electrons. The average Bonchev–Trinajstić information content (AvgIpc) is 2.09. The van der Waals surface area contributed by atoms with Crippen molar-refractivity contribution >= 4 is 33.8 Å². The van der Waals surface area contributed by atoms with E-state index in [1.807, 2.05) is 0 Å². The van der Waals surface area contributed by atoms with Crippen LogP contribution in [0.3, 0.4) is 0 Å². The van der Waals surface area contributed by atoms with E-state index >= 15 is 0 Å². The summed E-state index contributed by atoms with van der Waals surface area (Å²) in [5, 5.41) is -0.0414. The normalized spacial score (nSPS) is 10.5. The zero-order valence-electron chi connectivity index (χ0n) is 6.10. The number of hydrogen-bond donors (Lipinski definition) is 0. The van der Waals surface area contributed by atoms with Gasteiger partial charge in [-0.2, -0.15) is 0 Å². The Morgan fingerprint density at radius 3 is 2.69 bits per heavy atom. The van der Waals surface area contributed by atoms with Crippen molar-refractivity contribution in [3.8, 4) is 0 Å². The fourth-order valence-corrected chi connectivity index (χ4v) is 1.29. The zero-order valence-corrected chi connectivity index (χ0v) is 8.44. The number of hydrogen-bond acceptors (Lipinski definition) is 2. The van der Waals surface area contributed by atoms with E-state index in [1.165, 1.54) is 0 Å². The predicted molar refractivity (Wildman–Crippen MR) is 47.3 cm³/mol. The largest absolute Gasteiger partial charge is 0.298 e. The van der Waals surface area contributed by atoms with Crippen LogP contribution in [-0.2, 0) is 0 Å². The third-order valence-electron chi connectivity index (χ3n) is 1.36. The van der Waals surface area contributed by atoms with Crippen molar-refractivity contribution in [3.05, 3.63) is 26.9 Å². The summed E-state index contributed by atoms with van der Waals surface area (Å²) in [6, 6.07) is 0. The van der Waals surface area contributed by atoms with Crippen LogP contribution < -0.4 is 0 Å². The summed E-state index contributed by atoms with van der Waals surface area (Å²) in [6.45, 7) is 0. The van der Waals surface area contributed by atoms with Crippen molar-refractivity contribution in [1.82, 2.24) is 4.98 Å². The number of carbonyl (C=O) groups excluding carboxylic acids is 1. The molecule has 0 unspecified atom stereocenters. The number of pyridine rings is 1. The molecule has 0 bridgehead atoms. The lowest BCUT2D eigenvalue weighted by atomic mass is 10.2. The van der Waals surface area contributed by atoms with Crippen molar-refractivity contribution in [2.75, 3.05) is 0 Å². The Morgan fingerprint density at radius 1 is 1.62 bits per heavy atom. The lowest BCUT2D eigenvalue weighted by Crippen LogP contribution is -1.98. The highest BCUT2D eigenvalue weighted by Crippen LogP contribution is 2.30. The number of carbonyl (C=O) groups is 1. The molecule has 0 spiro atoms. The molecular weight excluding hydrogens is 267 g/mol. The minimum atomic E-state index is -2.80. The quantitative estimate of drug-likeness (QED) is 0.772. The van der Waals surface area contributed by atoms with Crippen LogP contribution in [0.1, 0.15) is 22.5 Å². The molecule has 6 heteroatoms. The molecule has 0 saturated heterocycles. The van der Waals surface area contributed by atoms with Gasteiger partial charge in [0.2, 0.25) is 0 Å². The molecule has 2 nitrogen and oxygen atoms in total. The number of halogens is 4. The zero-order chi connectivity index (χ0) is 10.0. The lowest BCUT2D eigenvalue weighted by molar-refractivity contribution is 0.110. The first-order valence-electron chi connectivity index (χ1n) is 3.15. The van der Waals surface area contributed by atoms with Crippen molar-refractivity contribution in [3.63, 3.8) is 0 Å². The van der Waals surface area contributed by atoms with Gasteiger partial charge < -0.3 is 0 Å². The smallest absolute Gasteiger partial charge is 0.281 e. The second kappa shape index (κ2) is 4.11. The highest BCUT2D eigenvalue weighted by atomic mass is 79.9. The Morgan fingerprint density at radius 2 is 2.23 bits per heavy atom. The van der Waals surface area contributed by atoms with Crippen LogP contribution in [0.5, 0.6) is 0 Å². The fraction of sp³-hybridized carbons (Fsp3) is 0.143. The van der Waals surface area contributed by atoms with E-state index in [0.717, 1.165) is 6.20 Å². The van der Waals surface area contributed by atoms with Gasteiger partial charge in [-0.05, 0) is 15.9 Å². The summed E-state index contributed by atoms with van der Waals surface area (Å²) < 4.78 is 24.8. The second-order valence-electron chi connectivity index (χ2n) is 2.14. The van der Waals surface area contributed by atoms with Crippen LogP contribution in [0.15, 0.2) is 10.7 Å². The van der Waals surface area contributed by atoms with E-state index in [-0.39, 0.29) is 16.9 Å². The van der Waals surface area contributed by atoms with Crippen LogP contribution in [0.2, 0.25) is 5.02 Å². The Labute approximate surface area is 86.0 Å². The van der Waals surface area contributed by atoms with E-state index in [0.29, 0.717) is 4.47 Å². The van der Waals surface area contributed by atoms with Crippen LogP contribution in [0, 0.1) is 0 Å². The summed E-state index contributed by atoms with van der Waals surface area (Å²) in [7, 11) is 0. The molecule has 70 valence electrons. The molecule has 0 aliphatic rings. The molecule has 13 heavy (non-hydrogen) atoms. The Kier molecular flexibility index (Phi) is 3.33. The van der Waals surface area contributed by atoms with Crippen LogP contribution in [0.4, 0.5) is 8.78 Å². The third-order valence-corrected chi connectivity index (χ3v) is 2.60. The van der Waals surface area contributed by atoms with E-state index < -0.39 is 12.1 Å². The van der Waals surface area contributed by atoms with E-state index in [2.05, 4.69) is 20.9 Å². The van der Waals surface area contributed by atoms with Gasteiger partial charge in [0.25, 0.3) is 6.43 Å². The van der Waals surface area contributed by atoms with Gasteiger partial charge in [-0.15, -0.1) is 0 Å². The number of aromatic nitrogens is 1. The lowest BCUT2D eigenvalue weighted by Gasteiger charge is -2.04. The molecule has 0 fully saturated rings. The molecule has 0 aliphatic heterocycles. The first-order chi connectivity index (χ1) is 6.07. The SMILES string of the molecule is O=Cc1c(C(F)F)ncc(Br)c1Cl. The van der Waals surface area contributed by atoms with Gasteiger partial charge >= 0.3 is 0 Å². The maximum atomic E-state index is 12.2. The highest BCUT2D eigenvalue weighted by Gasteiger charge is 2.18. The summed E-state index contributed by atoms with van der Waals surface area (Å²) in [6.07, 6.45) is -1.40. The van der Waals surface area contributed by atoms with Gasteiger partial charge in [0.1, 0.15) is 5.69 Å². The monoisotopic (exact) mass is 269 g/mol. The van der Waals surface area contributed by atoms with Crippen molar-refractivity contribution in [2.45, 2.75) is 6.43 Å². The molecule has 1 aromatic heterocycles. The van der Waals surface area contributed by atoms with Gasteiger partial charge in [-0.25, -0.2) is 8.78 Å². The second-order valence-corrected chi connectivity index (χ2v) is 3.37. The predicted octanol–water partition coefficient (Wildman–Crippen LogP) is 3.25. The fourth-order valence-electron chi connectivity index (χ4n) is 0.780. The van der Waals surface area contributed by atoms with Gasteiger partial charge in [0.05, 0.1) is 15.1 Å². The minimum Gasteiger partial charge on any atom is -0.298 e. The van der Waals surface area contributed by atoms with Crippen LogP contribution in [0.25, 0.3) is 0 Å². The number of aldehydes is 1. The van der Waals surface area contributed by atoms with Crippen molar-refractivity contribution in [1.29, 1.82) is 0 Å². The summed E-state index contributed by atoms with van der Waals surface area (Å²) >= 11 is 8.56. The summed E-state index contributed by atoms with van der Waals surface area (Å²) in [5.74, 6) is 0. The highest BCUT2D eigenvalue weighted by molar-refractivity contribution is 9.10. The minimum absolute atomic E-state index is 0.0414. The number of rotatable bonds is 2. The molecule has 1 rings (SSSR count). The summed E-state index contributed by atoms with van der Waals surface area (Å²) in [4.78, 5) is 13.8. The van der Waals surface area contributed by atoms with E-state index in [1.54, 1.807) is 0 Å². The Bertz CT molecular complexity index is 346. The summed E-state index contributed by atoms with van der Waals surface area (Å²) in [5.41, 5.74) is -0.866. The average molecular weight is 270 g/mol. The molecule has 0 N–H and O–H groups in total.